The highest BCUT2D eigenvalue weighted by Crippen LogP contribution is 2.17. The van der Waals surface area contributed by atoms with E-state index in [0.29, 0.717) is 12.4 Å². The molecule has 1 aromatic heterocycles. The van der Waals surface area contributed by atoms with Crippen LogP contribution in [0.1, 0.15) is 5.69 Å². The van der Waals surface area contributed by atoms with Gasteiger partial charge in [0.1, 0.15) is 18.2 Å². The zero-order valence-corrected chi connectivity index (χ0v) is 12.1. The first-order valence-electron chi connectivity index (χ1n) is 6.05. The van der Waals surface area contributed by atoms with Gasteiger partial charge in [-0.3, -0.25) is 0 Å². The first-order valence-corrected chi connectivity index (χ1v) is 7.95. The van der Waals surface area contributed by atoms with Gasteiger partial charge in [0.15, 0.2) is 9.84 Å². The molecule has 0 radical (unpaired) electrons. The monoisotopic (exact) mass is 292 g/mol. The maximum atomic E-state index is 11.3. The number of ether oxygens (including phenoxy) is 1. The Kier molecular flexibility index (Phi) is 4.24. The Morgan fingerprint density at radius 3 is 2.45 bits per heavy atom. The van der Waals surface area contributed by atoms with Crippen molar-refractivity contribution in [3.63, 3.8) is 0 Å². The number of aromatic nitrogens is 1. The van der Waals surface area contributed by atoms with E-state index < -0.39 is 9.84 Å². The van der Waals surface area contributed by atoms with E-state index in [4.69, 9.17) is 4.74 Å². The van der Waals surface area contributed by atoms with E-state index in [0.717, 1.165) is 11.5 Å². The lowest BCUT2D eigenvalue weighted by Gasteiger charge is -2.07. The molecule has 2 rings (SSSR count). The van der Waals surface area contributed by atoms with Gasteiger partial charge in [-0.15, -0.1) is 0 Å². The van der Waals surface area contributed by atoms with Crippen molar-refractivity contribution in [1.82, 2.24) is 4.98 Å². The van der Waals surface area contributed by atoms with Gasteiger partial charge in [-0.05, 0) is 36.4 Å². The maximum Gasteiger partial charge on any atom is 0.175 e. The van der Waals surface area contributed by atoms with Crippen LogP contribution in [0.2, 0.25) is 0 Å². The fourth-order valence-electron chi connectivity index (χ4n) is 1.64. The lowest BCUT2D eigenvalue weighted by atomic mass is 10.3. The summed E-state index contributed by atoms with van der Waals surface area (Å²) in [5, 5.41) is 2.96. The van der Waals surface area contributed by atoms with E-state index in [9.17, 15) is 8.42 Å². The van der Waals surface area contributed by atoms with Gasteiger partial charge in [0.05, 0.1) is 10.6 Å². The second-order valence-corrected chi connectivity index (χ2v) is 6.31. The van der Waals surface area contributed by atoms with E-state index in [-0.39, 0.29) is 4.90 Å². The van der Waals surface area contributed by atoms with Gasteiger partial charge in [0.25, 0.3) is 0 Å². The molecular formula is C14H16N2O3S. The Bertz CT molecular complexity index is 682. The normalized spacial score (nSPS) is 11.1. The number of sulfone groups is 1. The number of rotatable bonds is 5. The van der Waals surface area contributed by atoms with Gasteiger partial charge < -0.3 is 10.1 Å². The Balaban J connectivity index is 2.04. The lowest BCUT2D eigenvalue weighted by molar-refractivity contribution is 0.301. The second-order valence-electron chi connectivity index (χ2n) is 4.30. The minimum Gasteiger partial charge on any atom is -0.487 e. The van der Waals surface area contributed by atoms with E-state index in [1.165, 1.54) is 18.4 Å². The van der Waals surface area contributed by atoms with E-state index in [2.05, 4.69) is 10.3 Å². The highest BCUT2D eigenvalue weighted by Gasteiger charge is 2.06. The molecule has 0 aliphatic carbocycles. The number of hydrogen-bond acceptors (Lipinski definition) is 5. The first kappa shape index (κ1) is 14.3. The molecular weight excluding hydrogens is 276 g/mol. The number of pyridine rings is 1. The third-order valence-electron chi connectivity index (χ3n) is 2.70. The van der Waals surface area contributed by atoms with Crippen molar-refractivity contribution in [3.8, 4) is 5.75 Å². The van der Waals surface area contributed by atoms with Crippen LogP contribution in [0.15, 0.2) is 47.4 Å². The summed E-state index contributed by atoms with van der Waals surface area (Å²) in [6, 6.07) is 12.0. The number of nitrogens with zero attached hydrogens (tertiary/aromatic N) is 1. The molecule has 1 aromatic carbocycles. The molecule has 6 heteroatoms. The Hall–Kier alpha value is -2.08. The predicted molar refractivity (Wildman–Crippen MR) is 77.7 cm³/mol. The van der Waals surface area contributed by atoms with Gasteiger partial charge in [0, 0.05) is 13.3 Å². The molecule has 106 valence electrons. The summed E-state index contributed by atoms with van der Waals surface area (Å²) in [7, 11) is -1.37. The Morgan fingerprint density at radius 2 is 1.85 bits per heavy atom. The van der Waals surface area contributed by atoms with Crippen LogP contribution >= 0.6 is 0 Å². The van der Waals surface area contributed by atoms with Gasteiger partial charge in [0.2, 0.25) is 0 Å². The van der Waals surface area contributed by atoms with Crippen LogP contribution in [-0.4, -0.2) is 26.7 Å². The summed E-state index contributed by atoms with van der Waals surface area (Å²) in [5.41, 5.74) is 0.795. The lowest BCUT2D eigenvalue weighted by Crippen LogP contribution is -2.01. The zero-order valence-electron chi connectivity index (χ0n) is 11.3. The average molecular weight is 292 g/mol. The van der Waals surface area contributed by atoms with Crippen molar-refractivity contribution in [2.24, 2.45) is 0 Å². The second kappa shape index (κ2) is 5.92. The van der Waals surface area contributed by atoms with Gasteiger partial charge >= 0.3 is 0 Å². The van der Waals surface area contributed by atoms with Crippen LogP contribution in [-0.2, 0) is 16.4 Å². The summed E-state index contributed by atoms with van der Waals surface area (Å²) < 4.78 is 28.2. The van der Waals surface area contributed by atoms with E-state index in [1.54, 1.807) is 19.2 Å². The quantitative estimate of drug-likeness (QED) is 0.914. The number of hydrogen-bond donors (Lipinski definition) is 1. The van der Waals surface area contributed by atoms with E-state index >= 15 is 0 Å². The van der Waals surface area contributed by atoms with Crippen LogP contribution in [0.5, 0.6) is 5.75 Å². The fourth-order valence-corrected chi connectivity index (χ4v) is 2.27. The molecule has 0 atom stereocenters. The molecule has 0 amide bonds. The van der Waals surface area contributed by atoms with Crippen molar-refractivity contribution < 1.29 is 13.2 Å². The molecule has 1 heterocycles. The summed E-state index contributed by atoms with van der Waals surface area (Å²) >= 11 is 0. The fraction of sp³-hybridized carbons (Fsp3) is 0.214. The summed E-state index contributed by atoms with van der Waals surface area (Å²) in [6.07, 6.45) is 1.18. The molecule has 0 spiro atoms. The Morgan fingerprint density at radius 1 is 1.15 bits per heavy atom. The smallest absolute Gasteiger partial charge is 0.175 e. The van der Waals surface area contributed by atoms with Crippen LogP contribution in [0, 0.1) is 0 Å². The molecule has 20 heavy (non-hydrogen) atoms. The van der Waals surface area contributed by atoms with Crippen molar-refractivity contribution in [2.45, 2.75) is 11.5 Å². The molecule has 0 bridgehead atoms. The maximum absolute atomic E-state index is 11.3. The highest BCUT2D eigenvalue weighted by molar-refractivity contribution is 7.90. The minimum atomic E-state index is -3.17. The molecule has 2 aromatic rings. The van der Waals surface area contributed by atoms with Crippen LogP contribution in [0.25, 0.3) is 0 Å². The minimum absolute atomic E-state index is 0.278. The molecule has 0 aliphatic heterocycles. The molecule has 0 saturated carbocycles. The van der Waals surface area contributed by atoms with Crippen LogP contribution in [0.3, 0.4) is 0 Å². The topological polar surface area (TPSA) is 68.3 Å². The summed E-state index contributed by atoms with van der Waals surface area (Å²) in [5.74, 6) is 1.38. The standard InChI is InChI=1S/C14H16N2O3S/c1-15-14-5-3-4-11(16-14)10-19-12-6-8-13(9-7-12)20(2,17)18/h3-9H,10H2,1-2H3,(H,15,16). The number of anilines is 1. The van der Waals surface area contributed by atoms with Crippen LogP contribution in [0.4, 0.5) is 5.82 Å². The van der Waals surface area contributed by atoms with Crippen molar-refractivity contribution in [1.29, 1.82) is 0 Å². The largest absolute Gasteiger partial charge is 0.487 e. The van der Waals surface area contributed by atoms with Gasteiger partial charge in [-0.25, -0.2) is 13.4 Å². The predicted octanol–water partition coefficient (Wildman–Crippen LogP) is 2.11. The van der Waals surface area contributed by atoms with Crippen molar-refractivity contribution in [2.75, 3.05) is 18.6 Å². The molecule has 0 unspecified atom stereocenters. The Labute approximate surface area is 118 Å². The molecule has 0 aliphatic rings. The zero-order chi connectivity index (χ0) is 14.6. The average Bonchev–Trinajstić information content (AvgIpc) is 2.45. The number of nitrogens with one attached hydrogen (secondary N) is 1. The number of benzene rings is 1. The SMILES string of the molecule is CNc1cccc(COc2ccc(S(C)(=O)=O)cc2)n1. The third kappa shape index (κ3) is 3.71. The molecule has 5 nitrogen and oxygen atoms in total. The van der Waals surface area contributed by atoms with Crippen molar-refractivity contribution >= 4 is 15.7 Å². The molecule has 0 fully saturated rings. The first-order chi connectivity index (χ1) is 9.49. The van der Waals surface area contributed by atoms with Crippen molar-refractivity contribution in [3.05, 3.63) is 48.2 Å². The van der Waals surface area contributed by atoms with E-state index in [1.807, 2.05) is 18.2 Å². The van der Waals surface area contributed by atoms with Gasteiger partial charge in [-0.1, -0.05) is 6.07 Å². The van der Waals surface area contributed by atoms with Crippen LogP contribution < -0.4 is 10.1 Å². The highest BCUT2D eigenvalue weighted by atomic mass is 32.2. The summed E-state index contributed by atoms with van der Waals surface area (Å²) in [6.45, 7) is 0.327. The van der Waals surface area contributed by atoms with Gasteiger partial charge in [-0.2, -0.15) is 0 Å². The molecule has 1 N–H and O–H groups in total. The summed E-state index contributed by atoms with van der Waals surface area (Å²) in [4.78, 5) is 4.61. The molecule has 0 saturated heterocycles. The third-order valence-corrected chi connectivity index (χ3v) is 3.83.